The van der Waals surface area contributed by atoms with E-state index in [9.17, 15) is 4.39 Å². The van der Waals surface area contributed by atoms with Gasteiger partial charge >= 0.3 is 0 Å². The lowest BCUT2D eigenvalue weighted by Crippen LogP contribution is -2.27. The Morgan fingerprint density at radius 1 is 1.32 bits per heavy atom. The second-order valence-corrected chi connectivity index (χ2v) is 4.75. The smallest absolute Gasteiger partial charge is 0.150 e. The van der Waals surface area contributed by atoms with Gasteiger partial charge in [-0.25, -0.2) is 4.39 Å². The molecule has 0 saturated carbocycles. The quantitative estimate of drug-likeness (QED) is 0.869. The standard InChI is InChI=1S/C15H19FN2O/c1-3-14-9-15(19-18-14)10-17-11(2)8-12-4-6-13(16)7-5-12/h4-7,9,11,17H,3,8,10H2,1-2H3/t11-/m1/s1. The van der Waals surface area contributed by atoms with Crippen molar-refractivity contribution in [1.29, 1.82) is 0 Å². The second kappa shape index (κ2) is 6.48. The number of hydrogen-bond acceptors (Lipinski definition) is 3. The normalized spacial score (nSPS) is 12.6. The van der Waals surface area contributed by atoms with Crippen LogP contribution < -0.4 is 5.32 Å². The van der Waals surface area contributed by atoms with Crippen molar-refractivity contribution < 1.29 is 8.91 Å². The lowest BCUT2D eigenvalue weighted by Gasteiger charge is -2.12. The molecule has 0 amide bonds. The molecule has 0 saturated heterocycles. The lowest BCUT2D eigenvalue weighted by molar-refractivity contribution is 0.360. The third-order valence-electron chi connectivity index (χ3n) is 3.05. The van der Waals surface area contributed by atoms with Crippen molar-refractivity contribution in [2.24, 2.45) is 0 Å². The fraction of sp³-hybridized carbons (Fsp3) is 0.400. The molecule has 0 fully saturated rings. The molecule has 0 spiro atoms. The minimum Gasteiger partial charge on any atom is -0.360 e. The van der Waals surface area contributed by atoms with E-state index in [1.807, 2.05) is 25.1 Å². The molecule has 1 heterocycles. The fourth-order valence-corrected chi connectivity index (χ4v) is 1.93. The first-order chi connectivity index (χ1) is 9.17. The van der Waals surface area contributed by atoms with E-state index in [1.54, 1.807) is 0 Å². The van der Waals surface area contributed by atoms with Crippen LogP contribution in [0.15, 0.2) is 34.9 Å². The number of nitrogens with zero attached hydrogens (tertiary/aromatic N) is 1. The van der Waals surface area contributed by atoms with Crippen LogP contribution in [0.2, 0.25) is 0 Å². The molecule has 4 heteroatoms. The largest absolute Gasteiger partial charge is 0.360 e. The molecule has 1 aromatic heterocycles. The molecular formula is C15H19FN2O. The van der Waals surface area contributed by atoms with Crippen LogP contribution in [0, 0.1) is 5.82 Å². The van der Waals surface area contributed by atoms with Gasteiger partial charge in [-0.1, -0.05) is 24.2 Å². The average molecular weight is 262 g/mol. The van der Waals surface area contributed by atoms with Gasteiger partial charge in [0, 0.05) is 12.1 Å². The molecule has 0 radical (unpaired) electrons. The highest BCUT2D eigenvalue weighted by Crippen LogP contribution is 2.07. The Balaban J connectivity index is 1.81. The van der Waals surface area contributed by atoms with Gasteiger partial charge in [-0.05, 0) is 37.5 Å². The van der Waals surface area contributed by atoms with Gasteiger partial charge in [-0.3, -0.25) is 0 Å². The molecular weight excluding hydrogens is 243 g/mol. The highest BCUT2D eigenvalue weighted by molar-refractivity contribution is 5.17. The molecule has 1 aromatic carbocycles. The molecule has 0 aliphatic rings. The van der Waals surface area contributed by atoms with Gasteiger partial charge in [0.2, 0.25) is 0 Å². The van der Waals surface area contributed by atoms with Crippen molar-refractivity contribution >= 4 is 0 Å². The zero-order valence-electron chi connectivity index (χ0n) is 11.3. The average Bonchev–Trinajstić information content (AvgIpc) is 2.87. The van der Waals surface area contributed by atoms with Gasteiger partial charge in [-0.2, -0.15) is 0 Å². The summed E-state index contributed by atoms with van der Waals surface area (Å²) in [6.07, 6.45) is 1.74. The van der Waals surface area contributed by atoms with E-state index in [4.69, 9.17) is 4.52 Å². The second-order valence-electron chi connectivity index (χ2n) is 4.75. The van der Waals surface area contributed by atoms with Gasteiger partial charge in [0.05, 0.1) is 12.2 Å². The summed E-state index contributed by atoms with van der Waals surface area (Å²) in [5, 5.41) is 7.32. The van der Waals surface area contributed by atoms with E-state index in [-0.39, 0.29) is 5.82 Å². The molecule has 3 nitrogen and oxygen atoms in total. The van der Waals surface area contributed by atoms with Crippen LogP contribution in [0.5, 0.6) is 0 Å². The topological polar surface area (TPSA) is 38.1 Å². The molecule has 1 N–H and O–H groups in total. The zero-order valence-corrected chi connectivity index (χ0v) is 11.3. The molecule has 0 bridgehead atoms. The van der Waals surface area contributed by atoms with Crippen LogP contribution >= 0.6 is 0 Å². The van der Waals surface area contributed by atoms with Crippen LogP contribution in [-0.4, -0.2) is 11.2 Å². The minimum absolute atomic E-state index is 0.196. The Bertz CT molecular complexity index is 507. The molecule has 19 heavy (non-hydrogen) atoms. The van der Waals surface area contributed by atoms with E-state index in [0.29, 0.717) is 12.6 Å². The van der Waals surface area contributed by atoms with Crippen molar-refractivity contribution in [3.8, 4) is 0 Å². The van der Waals surface area contributed by atoms with Crippen LogP contribution in [-0.2, 0) is 19.4 Å². The number of nitrogens with one attached hydrogen (secondary N) is 1. The summed E-state index contributed by atoms with van der Waals surface area (Å²) in [4.78, 5) is 0. The van der Waals surface area contributed by atoms with E-state index < -0.39 is 0 Å². The maximum absolute atomic E-state index is 12.8. The van der Waals surface area contributed by atoms with Crippen LogP contribution in [0.4, 0.5) is 4.39 Å². The number of aromatic nitrogens is 1. The maximum atomic E-state index is 12.8. The van der Waals surface area contributed by atoms with Gasteiger partial charge < -0.3 is 9.84 Å². The first-order valence-electron chi connectivity index (χ1n) is 6.59. The number of benzene rings is 1. The van der Waals surface area contributed by atoms with E-state index >= 15 is 0 Å². The summed E-state index contributed by atoms with van der Waals surface area (Å²) in [7, 11) is 0. The Morgan fingerprint density at radius 3 is 2.68 bits per heavy atom. The third kappa shape index (κ3) is 4.17. The van der Waals surface area contributed by atoms with Crippen molar-refractivity contribution in [2.45, 2.75) is 39.3 Å². The molecule has 2 aromatic rings. The Labute approximate surface area is 112 Å². The molecule has 0 unspecified atom stereocenters. The van der Waals surface area contributed by atoms with Gasteiger partial charge in [-0.15, -0.1) is 0 Å². The Morgan fingerprint density at radius 2 is 2.05 bits per heavy atom. The molecule has 2 rings (SSSR count). The highest BCUT2D eigenvalue weighted by atomic mass is 19.1. The van der Waals surface area contributed by atoms with Crippen LogP contribution in [0.3, 0.4) is 0 Å². The van der Waals surface area contributed by atoms with Crippen LogP contribution in [0.1, 0.15) is 30.9 Å². The number of halogens is 1. The number of rotatable bonds is 6. The predicted molar refractivity (Wildman–Crippen MR) is 72.3 cm³/mol. The molecule has 1 atom stereocenters. The Kier molecular flexibility index (Phi) is 4.68. The SMILES string of the molecule is CCc1cc(CN[C@H](C)Cc2ccc(F)cc2)on1. The van der Waals surface area contributed by atoms with Crippen molar-refractivity contribution in [3.63, 3.8) is 0 Å². The van der Waals surface area contributed by atoms with E-state index in [1.165, 1.54) is 12.1 Å². The first-order valence-corrected chi connectivity index (χ1v) is 6.59. The summed E-state index contributed by atoms with van der Waals surface area (Å²) in [5.41, 5.74) is 2.09. The summed E-state index contributed by atoms with van der Waals surface area (Å²) in [6.45, 7) is 4.81. The van der Waals surface area contributed by atoms with Crippen molar-refractivity contribution in [1.82, 2.24) is 10.5 Å². The number of hydrogen-bond donors (Lipinski definition) is 1. The monoisotopic (exact) mass is 262 g/mol. The Hall–Kier alpha value is -1.68. The van der Waals surface area contributed by atoms with E-state index in [2.05, 4.69) is 17.4 Å². The molecule has 0 aliphatic heterocycles. The zero-order chi connectivity index (χ0) is 13.7. The molecule has 102 valence electrons. The maximum Gasteiger partial charge on any atom is 0.150 e. The van der Waals surface area contributed by atoms with E-state index in [0.717, 1.165) is 29.9 Å². The number of aryl methyl sites for hydroxylation is 1. The van der Waals surface area contributed by atoms with Crippen LogP contribution in [0.25, 0.3) is 0 Å². The first kappa shape index (κ1) is 13.7. The van der Waals surface area contributed by atoms with Crippen molar-refractivity contribution in [2.75, 3.05) is 0 Å². The van der Waals surface area contributed by atoms with Gasteiger partial charge in [0.25, 0.3) is 0 Å². The summed E-state index contributed by atoms with van der Waals surface area (Å²) >= 11 is 0. The van der Waals surface area contributed by atoms with Gasteiger partial charge in [0.1, 0.15) is 5.82 Å². The third-order valence-corrected chi connectivity index (χ3v) is 3.05. The summed E-state index contributed by atoms with van der Waals surface area (Å²) in [5.74, 6) is 0.654. The fourth-order valence-electron chi connectivity index (χ4n) is 1.93. The highest BCUT2D eigenvalue weighted by Gasteiger charge is 2.06. The lowest BCUT2D eigenvalue weighted by atomic mass is 10.1. The summed E-state index contributed by atoms with van der Waals surface area (Å²) in [6, 6.07) is 8.88. The predicted octanol–water partition coefficient (Wildman–Crippen LogP) is 3.10. The minimum atomic E-state index is -0.196. The summed E-state index contributed by atoms with van der Waals surface area (Å²) < 4.78 is 18.0. The van der Waals surface area contributed by atoms with Gasteiger partial charge in [0.15, 0.2) is 5.76 Å². The van der Waals surface area contributed by atoms with Crippen molar-refractivity contribution in [3.05, 3.63) is 53.2 Å². The molecule has 0 aliphatic carbocycles.